The third-order valence-electron chi connectivity index (χ3n) is 3.81. The van der Waals surface area contributed by atoms with Crippen LogP contribution in [0, 0.1) is 17.2 Å². The van der Waals surface area contributed by atoms with Crippen LogP contribution < -0.4 is 5.73 Å². The van der Waals surface area contributed by atoms with Gasteiger partial charge in [-0.2, -0.15) is 0 Å². The van der Waals surface area contributed by atoms with Crippen LogP contribution in [0.15, 0.2) is 18.2 Å². The van der Waals surface area contributed by atoms with Gasteiger partial charge >= 0.3 is 0 Å². The van der Waals surface area contributed by atoms with E-state index >= 15 is 0 Å². The first-order valence-electron chi connectivity index (χ1n) is 7.01. The Morgan fingerprint density at radius 3 is 2.68 bits per heavy atom. The molecule has 1 aliphatic carbocycles. The number of rotatable bonds is 3. The van der Waals surface area contributed by atoms with Crippen LogP contribution >= 0.6 is 0 Å². The van der Waals surface area contributed by atoms with Gasteiger partial charge in [-0.15, -0.1) is 0 Å². The van der Waals surface area contributed by atoms with Crippen molar-refractivity contribution in [2.45, 2.75) is 52.7 Å². The summed E-state index contributed by atoms with van der Waals surface area (Å²) in [7, 11) is 0. The molecule has 0 heterocycles. The zero-order chi connectivity index (χ0) is 14.0. The number of anilines is 1. The van der Waals surface area contributed by atoms with E-state index in [2.05, 4.69) is 20.8 Å². The van der Waals surface area contributed by atoms with Gasteiger partial charge in [0.1, 0.15) is 5.82 Å². The van der Waals surface area contributed by atoms with E-state index in [9.17, 15) is 4.39 Å². The summed E-state index contributed by atoms with van der Waals surface area (Å²) >= 11 is 0. The molecule has 2 atom stereocenters. The summed E-state index contributed by atoms with van der Waals surface area (Å²) in [6.07, 6.45) is 3.68. The molecular weight excluding hydrogens is 241 g/mol. The molecule has 1 saturated carbocycles. The highest BCUT2D eigenvalue weighted by molar-refractivity contribution is 5.41. The van der Waals surface area contributed by atoms with E-state index < -0.39 is 0 Å². The summed E-state index contributed by atoms with van der Waals surface area (Å²) in [4.78, 5) is 0. The molecule has 1 aliphatic rings. The predicted octanol–water partition coefficient (Wildman–Crippen LogP) is 4.14. The normalized spacial score (nSPS) is 26.3. The monoisotopic (exact) mass is 265 g/mol. The molecule has 0 amide bonds. The fourth-order valence-corrected chi connectivity index (χ4v) is 3.36. The largest absolute Gasteiger partial charge is 0.399 e. The molecule has 1 aromatic rings. The molecule has 0 spiro atoms. The number of nitrogen functional groups attached to an aromatic ring is 1. The highest BCUT2D eigenvalue weighted by Crippen LogP contribution is 2.39. The van der Waals surface area contributed by atoms with Crippen LogP contribution in [-0.2, 0) is 11.3 Å². The number of nitrogens with two attached hydrogens (primary N) is 1. The number of ether oxygens (including phenoxy) is 1. The van der Waals surface area contributed by atoms with E-state index in [0.717, 1.165) is 18.4 Å². The number of benzene rings is 1. The average Bonchev–Trinajstić information content (AvgIpc) is 2.22. The van der Waals surface area contributed by atoms with Crippen molar-refractivity contribution in [3.8, 4) is 0 Å². The first-order valence-corrected chi connectivity index (χ1v) is 7.01. The summed E-state index contributed by atoms with van der Waals surface area (Å²) in [6, 6.07) is 4.60. The standard InChI is InChI=1S/C16H24FNO/c1-11-4-15(9-16(2,3)8-11)19-10-12-5-13(17)7-14(18)6-12/h5-7,11,15H,4,8-10,18H2,1-3H3. The Hall–Kier alpha value is -1.09. The Labute approximate surface area is 115 Å². The van der Waals surface area contributed by atoms with Crippen LogP contribution in [-0.4, -0.2) is 6.10 Å². The van der Waals surface area contributed by atoms with Crippen molar-refractivity contribution in [1.82, 2.24) is 0 Å². The van der Waals surface area contributed by atoms with Crippen molar-refractivity contribution in [3.05, 3.63) is 29.6 Å². The molecule has 1 aromatic carbocycles. The maximum Gasteiger partial charge on any atom is 0.125 e. The molecule has 19 heavy (non-hydrogen) atoms. The Kier molecular flexibility index (Phi) is 4.14. The van der Waals surface area contributed by atoms with E-state index in [4.69, 9.17) is 10.5 Å². The lowest BCUT2D eigenvalue weighted by Crippen LogP contribution is -2.32. The van der Waals surface area contributed by atoms with Crippen molar-refractivity contribution in [3.63, 3.8) is 0 Å². The van der Waals surface area contributed by atoms with Gasteiger partial charge in [-0.25, -0.2) is 4.39 Å². The van der Waals surface area contributed by atoms with Gasteiger partial charge in [-0.3, -0.25) is 0 Å². The SMILES string of the molecule is CC1CC(OCc2cc(N)cc(F)c2)CC(C)(C)C1. The highest BCUT2D eigenvalue weighted by Gasteiger charge is 2.32. The lowest BCUT2D eigenvalue weighted by Gasteiger charge is -2.38. The Bertz CT molecular complexity index is 424. The van der Waals surface area contributed by atoms with Gasteiger partial charge in [0.05, 0.1) is 12.7 Å². The molecule has 3 heteroatoms. The van der Waals surface area contributed by atoms with E-state index in [1.807, 2.05) is 0 Å². The minimum absolute atomic E-state index is 0.267. The average molecular weight is 265 g/mol. The Morgan fingerprint density at radius 2 is 2.05 bits per heavy atom. The lowest BCUT2D eigenvalue weighted by atomic mass is 9.71. The van der Waals surface area contributed by atoms with Gasteiger partial charge < -0.3 is 10.5 Å². The topological polar surface area (TPSA) is 35.2 Å². The highest BCUT2D eigenvalue weighted by atomic mass is 19.1. The van der Waals surface area contributed by atoms with Gasteiger partial charge in [0.2, 0.25) is 0 Å². The van der Waals surface area contributed by atoms with Crippen LogP contribution in [0.3, 0.4) is 0 Å². The van der Waals surface area contributed by atoms with Crippen LogP contribution in [0.4, 0.5) is 10.1 Å². The third kappa shape index (κ3) is 4.20. The summed E-state index contributed by atoms with van der Waals surface area (Å²) in [5.41, 5.74) is 7.24. The summed E-state index contributed by atoms with van der Waals surface area (Å²) in [5.74, 6) is 0.391. The van der Waals surface area contributed by atoms with Crippen molar-refractivity contribution >= 4 is 5.69 Å². The summed E-state index contributed by atoms with van der Waals surface area (Å²) in [6.45, 7) is 7.30. The Balaban J connectivity index is 1.94. The molecule has 0 saturated heterocycles. The predicted molar refractivity (Wildman–Crippen MR) is 76.2 cm³/mol. The first kappa shape index (κ1) is 14.3. The van der Waals surface area contributed by atoms with Crippen molar-refractivity contribution in [2.75, 3.05) is 5.73 Å². The van der Waals surface area contributed by atoms with Crippen LogP contribution in [0.25, 0.3) is 0 Å². The smallest absolute Gasteiger partial charge is 0.125 e. The van der Waals surface area contributed by atoms with Gasteiger partial charge in [0.15, 0.2) is 0 Å². The molecule has 0 aromatic heterocycles. The Morgan fingerprint density at radius 1 is 1.32 bits per heavy atom. The number of halogens is 1. The number of hydrogen-bond acceptors (Lipinski definition) is 2. The van der Waals surface area contributed by atoms with Crippen LogP contribution in [0.1, 0.15) is 45.6 Å². The minimum atomic E-state index is -0.295. The van der Waals surface area contributed by atoms with E-state index in [1.54, 1.807) is 6.07 Å². The number of hydrogen-bond donors (Lipinski definition) is 1. The van der Waals surface area contributed by atoms with Crippen molar-refractivity contribution in [1.29, 1.82) is 0 Å². The second kappa shape index (κ2) is 5.49. The van der Waals surface area contributed by atoms with Gasteiger partial charge in [-0.05, 0) is 54.4 Å². The van der Waals surface area contributed by atoms with Crippen molar-refractivity contribution in [2.24, 2.45) is 11.3 Å². The van der Waals surface area contributed by atoms with Crippen LogP contribution in [0.2, 0.25) is 0 Å². The molecule has 2 unspecified atom stereocenters. The van der Waals surface area contributed by atoms with Crippen molar-refractivity contribution < 1.29 is 9.13 Å². The lowest BCUT2D eigenvalue weighted by molar-refractivity contribution is -0.0316. The molecule has 2 N–H and O–H groups in total. The summed E-state index contributed by atoms with van der Waals surface area (Å²) in [5, 5.41) is 0. The second-order valence-corrected chi connectivity index (χ2v) is 6.74. The molecule has 2 rings (SSSR count). The maximum atomic E-state index is 13.2. The zero-order valence-electron chi connectivity index (χ0n) is 12.1. The molecule has 0 aliphatic heterocycles. The molecule has 106 valence electrons. The second-order valence-electron chi connectivity index (χ2n) is 6.74. The summed E-state index contributed by atoms with van der Waals surface area (Å²) < 4.78 is 19.2. The quantitative estimate of drug-likeness (QED) is 0.834. The molecule has 0 bridgehead atoms. The minimum Gasteiger partial charge on any atom is -0.399 e. The van der Waals surface area contributed by atoms with E-state index in [0.29, 0.717) is 23.6 Å². The van der Waals surface area contributed by atoms with Gasteiger partial charge in [-0.1, -0.05) is 20.8 Å². The molecule has 1 fully saturated rings. The van der Waals surface area contributed by atoms with E-state index in [1.165, 1.54) is 18.6 Å². The fraction of sp³-hybridized carbons (Fsp3) is 0.625. The van der Waals surface area contributed by atoms with E-state index in [-0.39, 0.29) is 11.9 Å². The maximum absolute atomic E-state index is 13.2. The van der Waals surface area contributed by atoms with Crippen LogP contribution in [0.5, 0.6) is 0 Å². The molecule has 2 nitrogen and oxygen atoms in total. The fourth-order valence-electron chi connectivity index (χ4n) is 3.36. The third-order valence-corrected chi connectivity index (χ3v) is 3.81. The first-order chi connectivity index (χ1) is 8.84. The van der Waals surface area contributed by atoms with Gasteiger partial charge in [0.25, 0.3) is 0 Å². The molecule has 0 radical (unpaired) electrons. The molecular formula is C16H24FNO. The van der Waals surface area contributed by atoms with Gasteiger partial charge in [0, 0.05) is 5.69 Å². The zero-order valence-corrected chi connectivity index (χ0v) is 12.1.